The number of carbonyl (C=O) groups excluding carboxylic acids is 1. The predicted molar refractivity (Wildman–Crippen MR) is 107 cm³/mol. The molecule has 0 saturated carbocycles. The number of carbonyl (C=O) groups is 1. The molecule has 5 heteroatoms. The highest BCUT2D eigenvalue weighted by Crippen LogP contribution is 2.29. The molecule has 26 heavy (non-hydrogen) atoms. The average Bonchev–Trinajstić information content (AvgIpc) is 3.03. The van der Waals surface area contributed by atoms with Crippen molar-refractivity contribution in [3.63, 3.8) is 0 Å². The van der Waals surface area contributed by atoms with Crippen molar-refractivity contribution >= 4 is 6.29 Å². The maximum atomic E-state index is 11.3. The van der Waals surface area contributed by atoms with Crippen molar-refractivity contribution in [1.82, 2.24) is 4.90 Å². The molecule has 1 aliphatic heterocycles. The van der Waals surface area contributed by atoms with Crippen molar-refractivity contribution < 1.29 is 19.7 Å². The molecular formula is C21H43NO4. The third-order valence-corrected chi connectivity index (χ3v) is 5.32. The summed E-state index contributed by atoms with van der Waals surface area (Å²) in [5.41, 5.74) is -0.328. The first-order valence-electron chi connectivity index (χ1n) is 10.0. The topological polar surface area (TPSA) is 70.0 Å². The number of ether oxygens (including phenoxy) is 1. The van der Waals surface area contributed by atoms with E-state index in [9.17, 15) is 15.0 Å². The van der Waals surface area contributed by atoms with Crippen molar-refractivity contribution in [2.24, 2.45) is 11.3 Å². The number of likely N-dealkylation sites (tertiary alicyclic amines) is 1. The second kappa shape index (κ2) is 12.1. The normalized spacial score (nSPS) is 20.0. The van der Waals surface area contributed by atoms with Crippen molar-refractivity contribution in [3.8, 4) is 0 Å². The number of rotatable bonds is 9. The van der Waals surface area contributed by atoms with E-state index in [4.69, 9.17) is 4.74 Å². The van der Waals surface area contributed by atoms with Gasteiger partial charge in [-0.3, -0.25) is 4.90 Å². The molecule has 156 valence electrons. The van der Waals surface area contributed by atoms with Crippen LogP contribution in [0.15, 0.2) is 0 Å². The number of aldehydes is 1. The summed E-state index contributed by atoms with van der Waals surface area (Å²) >= 11 is 0. The van der Waals surface area contributed by atoms with Gasteiger partial charge in [-0.2, -0.15) is 0 Å². The van der Waals surface area contributed by atoms with Crippen molar-refractivity contribution in [2.45, 2.75) is 91.3 Å². The van der Waals surface area contributed by atoms with Crippen molar-refractivity contribution in [1.29, 1.82) is 0 Å². The van der Waals surface area contributed by atoms with Crippen LogP contribution in [-0.2, 0) is 9.53 Å². The third kappa shape index (κ3) is 9.45. The number of methoxy groups -OCH3 is 1. The quantitative estimate of drug-likeness (QED) is 0.607. The number of hydrogen-bond donors (Lipinski definition) is 2. The molecule has 1 aliphatic rings. The molecule has 0 radical (unpaired) electrons. The van der Waals surface area contributed by atoms with E-state index < -0.39 is 0 Å². The van der Waals surface area contributed by atoms with Crippen LogP contribution in [-0.4, -0.2) is 66.0 Å². The number of nitrogens with zero attached hydrogens (tertiary/aromatic N) is 1. The number of aliphatic hydroxyl groups is 2. The summed E-state index contributed by atoms with van der Waals surface area (Å²) in [7, 11) is 1.71. The first kappa shape index (κ1) is 25.5. The zero-order valence-corrected chi connectivity index (χ0v) is 18.1. The summed E-state index contributed by atoms with van der Waals surface area (Å²) in [5, 5.41) is 18.6. The first-order valence-corrected chi connectivity index (χ1v) is 10.0. The maximum absolute atomic E-state index is 11.3. The van der Waals surface area contributed by atoms with Crippen LogP contribution in [0.25, 0.3) is 0 Å². The fraction of sp³-hybridized carbons (Fsp3) is 0.952. The molecular weight excluding hydrogens is 330 g/mol. The predicted octanol–water partition coefficient (Wildman–Crippen LogP) is 3.27. The van der Waals surface area contributed by atoms with Crippen LogP contribution in [0.3, 0.4) is 0 Å². The monoisotopic (exact) mass is 373 g/mol. The molecule has 0 aromatic carbocycles. The van der Waals surface area contributed by atoms with Gasteiger partial charge in [0.1, 0.15) is 6.29 Å². The highest BCUT2D eigenvalue weighted by molar-refractivity contribution is 5.58. The number of hydrogen-bond acceptors (Lipinski definition) is 5. The summed E-state index contributed by atoms with van der Waals surface area (Å²) in [6, 6.07) is 0.513. The second-order valence-corrected chi connectivity index (χ2v) is 9.24. The van der Waals surface area contributed by atoms with Gasteiger partial charge in [0.2, 0.25) is 0 Å². The lowest BCUT2D eigenvalue weighted by atomic mass is 9.86. The van der Waals surface area contributed by atoms with E-state index in [1.165, 1.54) is 6.42 Å². The highest BCUT2D eigenvalue weighted by Gasteiger charge is 2.32. The van der Waals surface area contributed by atoms with Gasteiger partial charge in [-0.25, -0.2) is 0 Å². The minimum atomic E-state index is -0.370. The van der Waals surface area contributed by atoms with E-state index in [-0.39, 0.29) is 30.3 Å². The van der Waals surface area contributed by atoms with Gasteiger partial charge in [0.15, 0.2) is 0 Å². The fourth-order valence-electron chi connectivity index (χ4n) is 3.15. The molecule has 0 amide bonds. The fourth-order valence-corrected chi connectivity index (χ4v) is 3.15. The lowest BCUT2D eigenvalue weighted by molar-refractivity contribution is -0.114. The lowest BCUT2D eigenvalue weighted by Crippen LogP contribution is -2.43. The van der Waals surface area contributed by atoms with Gasteiger partial charge >= 0.3 is 0 Å². The van der Waals surface area contributed by atoms with Crippen LogP contribution < -0.4 is 0 Å². The van der Waals surface area contributed by atoms with E-state index in [0.717, 1.165) is 38.5 Å². The lowest BCUT2D eigenvalue weighted by Gasteiger charge is -2.33. The van der Waals surface area contributed by atoms with Gasteiger partial charge < -0.3 is 19.7 Å². The minimum Gasteiger partial charge on any atom is -0.396 e. The highest BCUT2D eigenvalue weighted by atomic mass is 16.5. The molecule has 1 rings (SSSR count). The Balaban J connectivity index is 0.000000896. The Bertz CT molecular complexity index is 375. The molecule has 0 aromatic rings. The second-order valence-electron chi connectivity index (χ2n) is 9.24. The van der Waals surface area contributed by atoms with Gasteiger partial charge in [0, 0.05) is 18.6 Å². The smallest absolute Gasteiger partial charge is 0.137 e. The van der Waals surface area contributed by atoms with Gasteiger partial charge in [0.25, 0.3) is 0 Å². The van der Waals surface area contributed by atoms with E-state index in [2.05, 4.69) is 18.7 Å². The molecule has 5 nitrogen and oxygen atoms in total. The SMILES string of the molecule is CC(C)C(C=O)N1CCCC1CCCC(C)(CO)CO.COC(C)(C)C. The minimum absolute atomic E-state index is 0.0286. The zero-order valence-electron chi connectivity index (χ0n) is 18.1. The van der Waals surface area contributed by atoms with E-state index in [0.29, 0.717) is 12.0 Å². The molecule has 2 unspecified atom stereocenters. The summed E-state index contributed by atoms with van der Waals surface area (Å²) in [6.07, 6.45) is 6.28. The Kier molecular flexibility index (Phi) is 11.8. The van der Waals surface area contributed by atoms with Crippen molar-refractivity contribution in [2.75, 3.05) is 26.9 Å². The maximum Gasteiger partial charge on any atom is 0.137 e. The Labute approximate surface area is 161 Å². The molecule has 2 atom stereocenters. The Morgan fingerprint density at radius 2 is 1.73 bits per heavy atom. The van der Waals surface area contributed by atoms with Gasteiger partial charge in [-0.15, -0.1) is 0 Å². The summed E-state index contributed by atoms with van der Waals surface area (Å²) in [4.78, 5) is 13.7. The van der Waals surface area contributed by atoms with Crippen LogP contribution >= 0.6 is 0 Å². The van der Waals surface area contributed by atoms with Crippen LogP contribution in [0.5, 0.6) is 0 Å². The van der Waals surface area contributed by atoms with Crippen LogP contribution in [0.2, 0.25) is 0 Å². The van der Waals surface area contributed by atoms with Crippen molar-refractivity contribution in [3.05, 3.63) is 0 Å². The molecule has 1 fully saturated rings. The third-order valence-electron chi connectivity index (χ3n) is 5.32. The molecule has 0 aromatic heterocycles. The largest absolute Gasteiger partial charge is 0.396 e. The Morgan fingerprint density at radius 1 is 1.19 bits per heavy atom. The first-order chi connectivity index (χ1) is 12.0. The summed E-state index contributed by atoms with van der Waals surface area (Å²) < 4.78 is 4.94. The van der Waals surface area contributed by atoms with Crippen LogP contribution in [0, 0.1) is 11.3 Å². The number of aliphatic hydroxyl groups excluding tert-OH is 2. The molecule has 0 aliphatic carbocycles. The summed E-state index contributed by atoms with van der Waals surface area (Å²) in [6.45, 7) is 13.3. The van der Waals surface area contributed by atoms with Gasteiger partial charge in [0.05, 0.1) is 24.9 Å². The van der Waals surface area contributed by atoms with E-state index in [1.807, 2.05) is 27.7 Å². The average molecular weight is 374 g/mol. The molecule has 1 saturated heterocycles. The van der Waals surface area contributed by atoms with E-state index in [1.54, 1.807) is 7.11 Å². The molecule has 2 N–H and O–H groups in total. The van der Waals surface area contributed by atoms with Gasteiger partial charge in [-0.05, 0) is 58.9 Å². The zero-order chi connectivity index (χ0) is 20.4. The molecule has 0 spiro atoms. The van der Waals surface area contributed by atoms with Crippen LogP contribution in [0.1, 0.15) is 73.6 Å². The van der Waals surface area contributed by atoms with Crippen LogP contribution in [0.4, 0.5) is 0 Å². The molecule has 0 bridgehead atoms. The summed E-state index contributed by atoms with van der Waals surface area (Å²) in [5.74, 6) is 0.355. The van der Waals surface area contributed by atoms with E-state index >= 15 is 0 Å². The standard InChI is InChI=1S/C16H31NO3.C5H12O/c1-13(2)15(10-18)17-9-5-7-14(17)6-4-8-16(3,11-19)12-20;1-5(2,3)6-4/h10,13-15,19-20H,4-9,11-12H2,1-3H3;1-4H3. The van der Waals surface area contributed by atoms with Gasteiger partial charge in [-0.1, -0.05) is 27.2 Å². The Morgan fingerprint density at radius 3 is 2.12 bits per heavy atom. The Hall–Kier alpha value is -0.490. The molecule has 1 heterocycles.